The second-order valence-electron chi connectivity index (χ2n) is 11.0. The number of nitrogens with one attached hydrogen (secondary N) is 1. The summed E-state index contributed by atoms with van der Waals surface area (Å²) in [6.45, 7) is 3.69. The lowest BCUT2D eigenvalue weighted by Crippen LogP contribution is -2.60. The summed E-state index contributed by atoms with van der Waals surface area (Å²) in [5.41, 5.74) is -0.0181. The molecule has 2 bridgehead atoms. The van der Waals surface area contributed by atoms with Gasteiger partial charge in [0.1, 0.15) is 29.1 Å². The second kappa shape index (κ2) is 10.6. The van der Waals surface area contributed by atoms with Crippen LogP contribution in [0.2, 0.25) is 0 Å². The molecule has 4 aromatic rings. The van der Waals surface area contributed by atoms with E-state index in [1.165, 1.54) is 39.1 Å². The lowest BCUT2D eigenvalue weighted by Gasteiger charge is -2.39. The van der Waals surface area contributed by atoms with Gasteiger partial charge in [0.25, 0.3) is 0 Å². The van der Waals surface area contributed by atoms with Gasteiger partial charge < -0.3 is 24.4 Å². The fourth-order valence-electron chi connectivity index (χ4n) is 6.11. The average molecular weight is 545 g/mol. The Morgan fingerprint density at radius 3 is 2.70 bits per heavy atom. The number of likely N-dealkylation sites (tertiary alicyclic amines) is 1. The number of phenolic OH excluding ortho intramolecular Hbond substituents is 1. The predicted octanol–water partition coefficient (Wildman–Crippen LogP) is 3.92. The van der Waals surface area contributed by atoms with Crippen LogP contribution in [0.25, 0.3) is 32.9 Å². The van der Waals surface area contributed by atoms with Crippen LogP contribution in [0.5, 0.6) is 11.8 Å². The maximum Gasteiger partial charge on any atom is 0.318 e. The number of aromatic hydroxyl groups is 1. The molecule has 2 aromatic heterocycles. The molecule has 2 unspecified atom stereocenters. The van der Waals surface area contributed by atoms with Gasteiger partial charge in [-0.05, 0) is 68.7 Å². The number of hydrogen-bond acceptors (Lipinski definition) is 9. The fourth-order valence-corrected chi connectivity index (χ4v) is 6.11. The van der Waals surface area contributed by atoms with E-state index in [-0.39, 0.29) is 29.0 Å². The van der Waals surface area contributed by atoms with Gasteiger partial charge in [-0.25, -0.2) is 4.39 Å². The first-order valence-electron chi connectivity index (χ1n) is 13.7. The van der Waals surface area contributed by atoms with Gasteiger partial charge in [0.05, 0.1) is 18.0 Å². The monoisotopic (exact) mass is 544 g/mol. The Hall–Kier alpha value is -3.89. The van der Waals surface area contributed by atoms with Gasteiger partial charge in [0, 0.05) is 30.9 Å². The molecule has 0 aliphatic carbocycles. The summed E-state index contributed by atoms with van der Waals surface area (Å²) in [6, 6.07) is 10.7. The lowest BCUT2D eigenvalue weighted by molar-refractivity contribution is -0.113. The molecule has 5 heterocycles. The van der Waals surface area contributed by atoms with E-state index in [1.54, 1.807) is 12.3 Å². The van der Waals surface area contributed by atoms with Crippen molar-refractivity contribution < 1.29 is 19.0 Å². The zero-order valence-corrected chi connectivity index (χ0v) is 22.7. The molecule has 208 valence electrons. The number of nitrogens with zero attached hydrogens (tertiary/aromatic N) is 5. The molecular formula is C30H33FN6O3. The number of fused-ring (bicyclic) bond motifs is 4. The summed E-state index contributed by atoms with van der Waals surface area (Å²) >= 11 is 0. The van der Waals surface area contributed by atoms with Crippen molar-refractivity contribution in [2.45, 2.75) is 37.3 Å². The number of carbonyl (C=O) groups excluding carboxylic acids is 1. The van der Waals surface area contributed by atoms with Crippen molar-refractivity contribution in [2.24, 2.45) is 0 Å². The average Bonchev–Trinajstić information content (AvgIpc) is 3.58. The summed E-state index contributed by atoms with van der Waals surface area (Å²) < 4.78 is 21.3. The number of aldehydes is 1. The molecule has 0 spiro atoms. The number of carbonyl (C=O) groups is 1. The molecular weight excluding hydrogens is 511 g/mol. The Morgan fingerprint density at radius 1 is 1.18 bits per heavy atom. The number of aromatic nitrogens is 3. The van der Waals surface area contributed by atoms with Crippen molar-refractivity contribution in [2.75, 3.05) is 45.2 Å². The van der Waals surface area contributed by atoms with Crippen molar-refractivity contribution in [3.8, 4) is 23.0 Å². The first kappa shape index (κ1) is 26.3. The first-order chi connectivity index (χ1) is 19.4. The van der Waals surface area contributed by atoms with Gasteiger partial charge in [-0.3, -0.25) is 10.3 Å². The molecule has 3 aliphatic heterocycles. The molecule has 10 heteroatoms. The quantitative estimate of drug-likeness (QED) is 0.370. The zero-order chi connectivity index (χ0) is 27.9. The molecule has 2 aromatic carbocycles. The molecule has 0 saturated carbocycles. The standard InChI is InChI=1S/C25H22FN5O3.C5H11N/c1-34-24-28-22-19(23(29-24)31-11-15-6-7-25(12-31,13-32)30-15)10-27-21(20(22)26)18-9-16(33)8-14-4-2-3-5-17(14)18;1-6-4-2-3-5-6/h2-5,8-10,13,15,30,33H,6-7,11-12H2,1H3;2-5H2,1H3. The number of halogens is 1. The largest absolute Gasteiger partial charge is 0.508 e. The Labute approximate surface area is 232 Å². The van der Waals surface area contributed by atoms with Crippen LogP contribution in [0.4, 0.5) is 10.2 Å². The highest BCUT2D eigenvalue weighted by atomic mass is 19.1. The van der Waals surface area contributed by atoms with E-state index in [9.17, 15) is 9.90 Å². The Balaban J connectivity index is 0.000000429. The summed E-state index contributed by atoms with van der Waals surface area (Å²) in [5, 5.41) is 15.6. The van der Waals surface area contributed by atoms with Gasteiger partial charge >= 0.3 is 6.01 Å². The molecule has 3 aliphatic rings. The van der Waals surface area contributed by atoms with E-state index in [4.69, 9.17) is 4.74 Å². The summed E-state index contributed by atoms with van der Waals surface area (Å²) in [6.07, 6.45) is 6.98. The topological polar surface area (TPSA) is 104 Å². The van der Waals surface area contributed by atoms with Crippen molar-refractivity contribution in [1.29, 1.82) is 0 Å². The third kappa shape index (κ3) is 4.82. The van der Waals surface area contributed by atoms with E-state index in [2.05, 4.69) is 32.2 Å². The van der Waals surface area contributed by atoms with Crippen LogP contribution in [-0.4, -0.2) is 83.2 Å². The van der Waals surface area contributed by atoms with Crippen LogP contribution in [0.3, 0.4) is 0 Å². The Kier molecular flexibility index (Phi) is 6.97. The van der Waals surface area contributed by atoms with Crippen LogP contribution in [0, 0.1) is 5.82 Å². The van der Waals surface area contributed by atoms with Gasteiger partial charge in [-0.2, -0.15) is 9.97 Å². The smallest absolute Gasteiger partial charge is 0.318 e. The molecule has 3 fully saturated rings. The minimum Gasteiger partial charge on any atom is -0.508 e. The molecule has 40 heavy (non-hydrogen) atoms. The van der Waals surface area contributed by atoms with Gasteiger partial charge in [-0.15, -0.1) is 0 Å². The number of hydrogen-bond donors (Lipinski definition) is 2. The molecule has 0 radical (unpaired) electrons. The Morgan fingerprint density at radius 2 is 1.98 bits per heavy atom. The molecule has 2 N–H and O–H groups in total. The maximum absolute atomic E-state index is 16.0. The number of piperazine rings is 1. The highest BCUT2D eigenvalue weighted by Crippen LogP contribution is 2.38. The number of phenols is 1. The van der Waals surface area contributed by atoms with Gasteiger partial charge in [0.15, 0.2) is 5.82 Å². The van der Waals surface area contributed by atoms with Crippen molar-refractivity contribution in [3.63, 3.8) is 0 Å². The minimum absolute atomic E-state index is 0.0198. The molecule has 2 atom stereocenters. The number of ether oxygens (including phenoxy) is 1. The third-order valence-electron chi connectivity index (χ3n) is 8.13. The number of benzene rings is 2. The van der Waals surface area contributed by atoms with Gasteiger partial charge in [0.2, 0.25) is 0 Å². The van der Waals surface area contributed by atoms with E-state index >= 15 is 4.39 Å². The van der Waals surface area contributed by atoms with Gasteiger partial charge in [-0.1, -0.05) is 24.3 Å². The van der Waals surface area contributed by atoms with E-state index in [0.717, 1.165) is 29.9 Å². The number of anilines is 1. The highest BCUT2D eigenvalue weighted by Gasteiger charge is 2.45. The zero-order valence-electron chi connectivity index (χ0n) is 22.7. The van der Waals surface area contributed by atoms with Crippen LogP contribution >= 0.6 is 0 Å². The summed E-state index contributed by atoms with van der Waals surface area (Å²) in [5.74, 6) is -0.120. The normalized spacial score (nSPS) is 22.4. The lowest BCUT2D eigenvalue weighted by atomic mass is 9.99. The summed E-state index contributed by atoms with van der Waals surface area (Å²) in [7, 11) is 3.61. The number of methoxy groups -OCH3 is 1. The van der Waals surface area contributed by atoms with E-state index in [0.29, 0.717) is 29.9 Å². The van der Waals surface area contributed by atoms with Crippen LogP contribution in [-0.2, 0) is 4.79 Å². The second-order valence-corrected chi connectivity index (χ2v) is 11.0. The molecule has 3 saturated heterocycles. The van der Waals surface area contributed by atoms with E-state index < -0.39 is 11.4 Å². The molecule has 0 amide bonds. The van der Waals surface area contributed by atoms with E-state index in [1.807, 2.05) is 29.2 Å². The minimum atomic E-state index is -0.639. The fraction of sp³-hybridized carbons (Fsp3) is 0.400. The Bertz CT molecular complexity index is 1580. The third-order valence-corrected chi connectivity index (χ3v) is 8.13. The summed E-state index contributed by atoms with van der Waals surface area (Å²) in [4.78, 5) is 29.5. The van der Waals surface area contributed by atoms with Crippen LogP contribution < -0.4 is 15.0 Å². The number of rotatable bonds is 4. The SMILES string of the molecule is CN1CCCC1.COc1nc(N2CC3CCC(C=O)(C2)N3)c2cnc(-c3cc(O)cc4ccccc34)c(F)c2n1. The maximum atomic E-state index is 16.0. The first-order valence-corrected chi connectivity index (χ1v) is 13.7. The van der Waals surface area contributed by atoms with Crippen molar-refractivity contribution in [1.82, 2.24) is 25.2 Å². The van der Waals surface area contributed by atoms with Crippen molar-refractivity contribution in [3.05, 3.63) is 48.4 Å². The highest BCUT2D eigenvalue weighted by molar-refractivity contribution is 6.00. The molecule has 7 rings (SSSR count). The van der Waals surface area contributed by atoms with Crippen LogP contribution in [0.15, 0.2) is 42.6 Å². The van der Waals surface area contributed by atoms with Crippen molar-refractivity contribution >= 4 is 33.8 Å². The molecule has 9 nitrogen and oxygen atoms in total. The predicted molar refractivity (Wildman–Crippen MR) is 152 cm³/mol. The van der Waals surface area contributed by atoms with Crippen LogP contribution in [0.1, 0.15) is 25.7 Å². The number of pyridine rings is 1.